The third kappa shape index (κ3) is 2.38. The Kier molecular flexibility index (Phi) is 3.63. The van der Waals surface area contributed by atoms with Crippen LogP contribution in [-0.2, 0) is 0 Å². The van der Waals surface area contributed by atoms with Gasteiger partial charge in [0.15, 0.2) is 0 Å². The van der Waals surface area contributed by atoms with E-state index in [0.717, 1.165) is 28.3 Å². The standard InChI is InChI=1S/C10H11BrClNS/c11-8-1-2-10(9(12)7-8)13-3-5-14-6-4-13/h1-2,7H,3-6H2. The second-order valence-electron chi connectivity index (χ2n) is 3.20. The molecule has 1 fully saturated rings. The lowest BCUT2D eigenvalue weighted by Gasteiger charge is -2.29. The van der Waals surface area contributed by atoms with Crippen LogP contribution in [0.15, 0.2) is 22.7 Å². The van der Waals surface area contributed by atoms with Gasteiger partial charge in [-0.15, -0.1) is 0 Å². The van der Waals surface area contributed by atoms with Crippen LogP contribution in [0.25, 0.3) is 0 Å². The lowest BCUT2D eigenvalue weighted by molar-refractivity contribution is 0.859. The molecule has 1 saturated heterocycles. The zero-order chi connectivity index (χ0) is 9.97. The van der Waals surface area contributed by atoms with E-state index in [1.54, 1.807) is 0 Å². The van der Waals surface area contributed by atoms with Gasteiger partial charge < -0.3 is 4.90 Å². The lowest BCUT2D eigenvalue weighted by Crippen LogP contribution is -2.32. The number of rotatable bonds is 1. The first-order valence-corrected chi connectivity index (χ1v) is 6.88. The van der Waals surface area contributed by atoms with Crippen molar-refractivity contribution in [3.05, 3.63) is 27.7 Å². The average Bonchev–Trinajstić information content (AvgIpc) is 2.19. The lowest BCUT2D eigenvalue weighted by atomic mass is 10.3. The highest BCUT2D eigenvalue weighted by molar-refractivity contribution is 9.10. The van der Waals surface area contributed by atoms with Gasteiger partial charge in [0.25, 0.3) is 0 Å². The van der Waals surface area contributed by atoms with Crippen LogP contribution in [-0.4, -0.2) is 24.6 Å². The van der Waals surface area contributed by atoms with Gasteiger partial charge >= 0.3 is 0 Å². The smallest absolute Gasteiger partial charge is 0.0650 e. The SMILES string of the molecule is Clc1cc(Br)ccc1N1CCSCC1. The molecule has 0 bridgehead atoms. The van der Waals surface area contributed by atoms with Crippen molar-refractivity contribution < 1.29 is 0 Å². The number of nitrogens with zero attached hydrogens (tertiary/aromatic N) is 1. The predicted octanol–water partition coefficient (Wildman–Crippen LogP) is 3.66. The van der Waals surface area contributed by atoms with E-state index in [0.29, 0.717) is 0 Å². The fourth-order valence-electron chi connectivity index (χ4n) is 1.54. The maximum absolute atomic E-state index is 6.18. The third-order valence-electron chi connectivity index (χ3n) is 2.26. The van der Waals surface area contributed by atoms with Crippen LogP contribution in [0, 0.1) is 0 Å². The topological polar surface area (TPSA) is 3.24 Å². The van der Waals surface area contributed by atoms with Gasteiger partial charge in [-0.2, -0.15) is 11.8 Å². The first-order chi connectivity index (χ1) is 6.77. The molecule has 0 aliphatic carbocycles. The van der Waals surface area contributed by atoms with Crippen LogP contribution in [0.5, 0.6) is 0 Å². The highest BCUT2D eigenvalue weighted by Crippen LogP contribution is 2.30. The predicted molar refractivity (Wildman–Crippen MR) is 68.7 cm³/mol. The Morgan fingerprint density at radius 2 is 2.00 bits per heavy atom. The summed E-state index contributed by atoms with van der Waals surface area (Å²) in [7, 11) is 0. The molecule has 1 heterocycles. The number of benzene rings is 1. The first-order valence-electron chi connectivity index (χ1n) is 4.55. The molecule has 0 N–H and O–H groups in total. The molecule has 0 aromatic heterocycles. The second-order valence-corrected chi connectivity index (χ2v) is 5.74. The zero-order valence-corrected chi connectivity index (χ0v) is 10.8. The molecule has 0 atom stereocenters. The van der Waals surface area contributed by atoms with Crippen LogP contribution in [0.2, 0.25) is 5.02 Å². The van der Waals surface area contributed by atoms with Crippen LogP contribution in [0.3, 0.4) is 0 Å². The van der Waals surface area contributed by atoms with Gasteiger partial charge in [0.05, 0.1) is 10.7 Å². The van der Waals surface area contributed by atoms with Crippen molar-refractivity contribution in [3.63, 3.8) is 0 Å². The summed E-state index contributed by atoms with van der Waals surface area (Å²) in [6.07, 6.45) is 0. The normalized spacial score (nSPS) is 17.1. The molecule has 1 aromatic rings. The molecule has 14 heavy (non-hydrogen) atoms. The summed E-state index contributed by atoms with van der Waals surface area (Å²) in [5, 5.41) is 0.839. The number of thioether (sulfide) groups is 1. The van der Waals surface area contributed by atoms with Crippen molar-refractivity contribution in [1.29, 1.82) is 0 Å². The van der Waals surface area contributed by atoms with E-state index in [9.17, 15) is 0 Å². The van der Waals surface area contributed by atoms with E-state index in [2.05, 4.69) is 26.9 Å². The van der Waals surface area contributed by atoms with E-state index < -0.39 is 0 Å². The number of hydrogen-bond acceptors (Lipinski definition) is 2. The molecule has 0 unspecified atom stereocenters. The minimum atomic E-state index is 0.839. The van der Waals surface area contributed by atoms with Crippen LogP contribution in [0.1, 0.15) is 0 Å². The zero-order valence-electron chi connectivity index (χ0n) is 7.67. The monoisotopic (exact) mass is 291 g/mol. The number of hydrogen-bond donors (Lipinski definition) is 0. The molecule has 1 aromatic carbocycles. The van der Waals surface area contributed by atoms with Gasteiger partial charge in [-0.1, -0.05) is 27.5 Å². The first kappa shape index (κ1) is 10.7. The Hall–Kier alpha value is 0.140. The highest BCUT2D eigenvalue weighted by Gasteiger charge is 2.13. The van der Waals surface area contributed by atoms with Gasteiger partial charge in [0.1, 0.15) is 0 Å². The summed E-state index contributed by atoms with van der Waals surface area (Å²) >= 11 is 11.6. The van der Waals surface area contributed by atoms with Crippen LogP contribution < -0.4 is 4.90 Å². The average molecular weight is 293 g/mol. The Morgan fingerprint density at radius 1 is 1.29 bits per heavy atom. The van der Waals surface area contributed by atoms with Crippen molar-refractivity contribution in [2.24, 2.45) is 0 Å². The molecule has 0 amide bonds. The van der Waals surface area contributed by atoms with Crippen LogP contribution in [0.4, 0.5) is 5.69 Å². The van der Waals surface area contributed by atoms with E-state index in [1.165, 1.54) is 11.5 Å². The van der Waals surface area contributed by atoms with Crippen molar-refractivity contribution >= 4 is 45.0 Å². The highest BCUT2D eigenvalue weighted by atomic mass is 79.9. The summed E-state index contributed by atoms with van der Waals surface area (Å²) < 4.78 is 1.04. The Morgan fingerprint density at radius 3 is 2.64 bits per heavy atom. The van der Waals surface area contributed by atoms with Crippen molar-refractivity contribution in [1.82, 2.24) is 0 Å². The van der Waals surface area contributed by atoms with Gasteiger partial charge in [-0.25, -0.2) is 0 Å². The quantitative estimate of drug-likeness (QED) is 0.777. The van der Waals surface area contributed by atoms with E-state index in [4.69, 9.17) is 11.6 Å². The molecule has 4 heteroatoms. The Balaban J connectivity index is 2.22. The van der Waals surface area contributed by atoms with E-state index >= 15 is 0 Å². The molecule has 0 radical (unpaired) electrons. The summed E-state index contributed by atoms with van der Waals surface area (Å²) in [4.78, 5) is 2.35. The van der Waals surface area contributed by atoms with E-state index in [-0.39, 0.29) is 0 Å². The molecule has 2 rings (SSSR count). The largest absolute Gasteiger partial charge is 0.369 e. The second kappa shape index (κ2) is 4.77. The van der Waals surface area contributed by atoms with Gasteiger partial charge in [-0.3, -0.25) is 0 Å². The number of anilines is 1. The van der Waals surface area contributed by atoms with Gasteiger partial charge in [0, 0.05) is 29.1 Å². The van der Waals surface area contributed by atoms with Gasteiger partial charge in [-0.05, 0) is 18.2 Å². The summed E-state index contributed by atoms with van der Waals surface area (Å²) in [5.41, 5.74) is 1.16. The minimum absolute atomic E-state index is 0.839. The van der Waals surface area contributed by atoms with Crippen molar-refractivity contribution in [2.75, 3.05) is 29.5 Å². The summed E-state index contributed by atoms with van der Waals surface area (Å²) in [5.74, 6) is 2.40. The Labute approximate surface area is 102 Å². The minimum Gasteiger partial charge on any atom is -0.369 e. The molecule has 1 nitrogen and oxygen atoms in total. The molecular formula is C10H11BrClNS. The molecule has 1 aliphatic rings. The van der Waals surface area contributed by atoms with Crippen molar-refractivity contribution in [3.8, 4) is 0 Å². The van der Waals surface area contributed by atoms with Gasteiger partial charge in [0.2, 0.25) is 0 Å². The summed E-state index contributed by atoms with van der Waals surface area (Å²) in [6, 6.07) is 6.09. The molecule has 0 saturated carbocycles. The molecule has 0 spiro atoms. The maximum Gasteiger partial charge on any atom is 0.0650 e. The summed E-state index contributed by atoms with van der Waals surface area (Å²) in [6.45, 7) is 2.21. The fourth-order valence-corrected chi connectivity index (χ4v) is 3.24. The van der Waals surface area contributed by atoms with E-state index in [1.807, 2.05) is 23.9 Å². The van der Waals surface area contributed by atoms with Crippen LogP contribution >= 0.6 is 39.3 Å². The third-order valence-corrected chi connectivity index (χ3v) is 4.00. The molecular weight excluding hydrogens is 282 g/mol. The fraction of sp³-hybridized carbons (Fsp3) is 0.400. The molecule has 1 aliphatic heterocycles. The Bertz CT molecular complexity index is 326. The maximum atomic E-state index is 6.18. The number of halogens is 2. The molecule has 76 valence electrons. The van der Waals surface area contributed by atoms with Crippen molar-refractivity contribution in [2.45, 2.75) is 0 Å².